The number of aromatic nitrogens is 2. The van der Waals surface area contributed by atoms with E-state index in [1.54, 1.807) is 14.2 Å². The predicted octanol–water partition coefficient (Wildman–Crippen LogP) is 3.30. The lowest BCUT2D eigenvalue weighted by molar-refractivity contribution is 0.189. The van der Waals surface area contributed by atoms with Crippen LogP contribution in [0.1, 0.15) is 38.5 Å². The van der Waals surface area contributed by atoms with Gasteiger partial charge in [-0.25, -0.2) is 4.98 Å². The Hall–Kier alpha value is -2.28. The number of rotatable bonds is 6. The van der Waals surface area contributed by atoms with Gasteiger partial charge in [-0.3, -0.25) is 0 Å². The van der Waals surface area contributed by atoms with Crippen LogP contribution in [0.5, 0.6) is 11.5 Å². The van der Waals surface area contributed by atoms with Crippen LogP contribution in [-0.2, 0) is 0 Å². The van der Waals surface area contributed by atoms with Crippen LogP contribution < -0.4 is 20.5 Å². The highest BCUT2D eigenvalue weighted by Crippen LogP contribution is 2.34. The van der Waals surface area contributed by atoms with Crippen molar-refractivity contribution in [3.8, 4) is 11.5 Å². The summed E-state index contributed by atoms with van der Waals surface area (Å²) in [6.07, 6.45) is 7.88. The molecule has 3 N–H and O–H groups in total. The fourth-order valence-corrected chi connectivity index (χ4v) is 4.54. The Bertz CT molecular complexity index is 814. The smallest absolute Gasteiger partial charge is 0.225 e. The average molecular weight is 386 g/mol. The van der Waals surface area contributed by atoms with Crippen LogP contribution in [-0.4, -0.2) is 54.8 Å². The standard InChI is InChI=1S/C21H31N5O2/c1-27-18-11-16-17(12-19(18)28-2)24-21(25-20(16)22)23-15-7-9-26(10-8-15)13-14-5-3-4-6-14/h11-12,14-15H,3-10,13H2,1-2H3,(H3,22,23,24,25). The zero-order chi connectivity index (χ0) is 19.5. The van der Waals surface area contributed by atoms with E-state index in [9.17, 15) is 0 Å². The molecule has 2 aromatic rings. The molecular formula is C21H31N5O2. The highest BCUT2D eigenvalue weighted by atomic mass is 16.5. The molecule has 1 aromatic carbocycles. The van der Waals surface area contributed by atoms with Gasteiger partial charge in [0.1, 0.15) is 5.82 Å². The molecule has 2 aliphatic rings. The zero-order valence-electron chi connectivity index (χ0n) is 16.9. The average Bonchev–Trinajstić information content (AvgIpc) is 3.21. The van der Waals surface area contributed by atoms with Gasteiger partial charge in [-0.1, -0.05) is 12.8 Å². The van der Waals surface area contributed by atoms with Gasteiger partial charge in [0.15, 0.2) is 11.5 Å². The van der Waals surface area contributed by atoms with E-state index in [1.807, 2.05) is 12.1 Å². The van der Waals surface area contributed by atoms with Gasteiger partial charge < -0.3 is 25.4 Å². The molecule has 2 heterocycles. The summed E-state index contributed by atoms with van der Waals surface area (Å²) in [5.74, 6) is 3.22. The number of anilines is 2. The summed E-state index contributed by atoms with van der Waals surface area (Å²) in [5, 5.41) is 4.27. The number of piperidine rings is 1. The molecule has 0 atom stereocenters. The van der Waals surface area contributed by atoms with Crippen molar-refractivity contribution in [2.45, 2.75) is 44.6 Å². The molecule has 2 fully saturated rings. The van der Waals surface area contributed by atoms with E-state index < -0.39 is 0 Å². The summed E-state index contributed by atoms with van der Waals surface area (Å²) in [7, 11) is 3.22. The highest BCUT2D eigenvalue weighted by molar-refractivity contribution is 5.91. The fraction of sp³-hybridized carbons (Fsp3) is 0.619. The Balaban J connectivity index is 1.42. The lowest BCUT2D eigenvalue weighted by Crippen LogP contribution is -2.41. The number of fused-ring (bicyclic) bond motifs is 1. The molecule has 0 spiro atoms. The van der Waals surface area contributed by atoms with Gasteiger partial charge in [0.2, 0.25) is 5.95 Å². The fourth-order valence-electron chi connectivity index (χ4n) is 4.54. The molecule has 1 aliphatic carbocycles. The van der Waals surface area contributed by atoms with Gasteiger partial charge >= 0.3 is 0 Å². The predicted molar refractivity (Wildman–Crippen MR) is 112 cm³/mol. The molecule has 0 radical (unpaired) electrons. The number of ether oxygens (including phenoxy) is 2. The monoisotopic (exact) mass is 385 g/mol. The Morgan fingerprint density at radius 3 is 2.39 bits per heavy atom. The summed E-state index contributed by atoms with van der Waals surface area (Å²) in [4.78, 5) is 11.8. The normalized spacial score (nSPS) is 19.2. The topological polar surface area (TPSA) is 85.5 Å². The van der Waals surface area contributed by atoms with Crippen LogP contribution in [0.15, 0.2) is 12.1 Å². The van der Waals surface area contributed by atoms with Crippen LogP contribution in [0, 0.1) is 5.92 Å². The first-order valence-corrected chi connectivity index (χ1v) is 10.3. The summed E-state index contributed by atoms with van der Waals surface area (Å²) in [6, 6.07) is 4.06. The maximum absolute atomic E-state index is 6.19. The second-order valence-electron chi connectivity index (χ2n) is 8.03. The number of nitrogens with one attached hydrogen (secondary N) is 1. The number of methoxy groups -OCH3 is 2. The molecule has 0 bridgehead atoms. The van der Waals surface area contributed by atoms with Crippen molar-refractivity contribution in [2.24, 2.45) is 5.92 Å². The number of likely N-dealkylation sites (tertiary alicyclic amines) is 1. The molecule has 7 heteroatoms. The van der Waals surface area contributed by atoms with Crippen LogP contribution >= 0.6 is 0 Å². The van der Waals surface area contributed by atoms with Crippen molar-refractivity contribution in [3.63, 3.8) is 0 Å². The molecular weight excluding hydrogens is 354 g/mol. The van der Waals surface area contributed by atoms with Crippen molar-refractivity contribution in [2.75, 3.05) is 44.9 Å². The van der Waals surface area contributed by atoms with E-state index in [1.165, 1.54) is 32.2 Å². The van der Waals surface area contributed by atoms with Crippen LogP contribution in [0.25, 0.3) is 10.9 Å². The third kappa shape index (κ3) is 4.09. The first kappa shape index (κ1) is 19.1. The molecule has 1 aliphatic heterocycles. The first-order valence-electron chi connectivity index (χ1n) is 10.3. The molecule has 7 nitrogen and oxygen atoms in total. The Kier molecular flexibility index (Phi) is 5.71. The molecule has 1 aromatic heterocycles. The third-order valence-corrected chi connectivity index (χ3v) is 6.14. The van der Waals surface area contributed by atoms with Gasteiger partial charge in [0.05, 0.1) is 19.7 Å². The summed E-state index contributed by atoms with van der Waals surface area (Å²) < 4.78 is 10.7. The van der Waals surface area contributed by atoms with Gasteiger partial charge in [-0.15, -0.1) is 0 Å². The van der Waals surface area contributed by atoms with Crippen molar-refractivity contribution in [1.82, 2.24) is 14.9 Å². The summed E-state index contributed by atoms with van der Waals surface area (Å²) >= 11 is 0. The molecule has 1 saturated carbocycles. The SMILES string of the molecule is COc1cc2nc(NC3CCN(CC4CCCC4)CC3)nc(N)c2cc1OC. The lowest BCUT2D eigenvalue weighted by atomic mass is 10.0. The van der Waals surface area contributed by atoms with Crippen LogP contribution in [0.2, 0.25) is 0 Å². The largest absolute Gasteiger partial charge is 0.493 e. The Labute approximate surface area is 166 Å². The number of hydrogen-bond acceptors (Lipinski definition) is 7. The number of nitrogens with zero attached hydrogens (tertiary/aromatic N) is 3. The van der Waals surface area contributed by atoms with E-state index in [2.05, 4.69) is 20.2 Å². The van der Waals surface area contributed by atoms with E-state index >= 15 is 0 Å². The number of benzene rings is 1. The van der Waals surface area contributed by atoms with E-state index in [-0.39, 0.29) is 0 Å². The quantitative estimate of drug-likeness (QED) is 0.789. The molecule has 0 unspecified atom stereocenters. The van der Waals surface area contributed by atoms with Gasteiger partial charge in [0.25, 0.3) is 0 Å². The summed E-state index contributed by atoms with van der Waals surface area (Å²) in [6.45, 7) is 3.55. The maximum atomic E-state index is 6.19. The minimum atomic E-state index is 0.386. The second kappa shape index (κ2) is 8.39. The molecule has 4 rings (SSSR count). The van der Waals surface area contributed by atoms with Crippen molar-refractivity contribution in [1.29, 1.82) is 0 Å². The highest BCUT2D eigenvalue weighted by Gasteiger charge is 2.24. The molecule has 1 saturated heterocycles. The zero-order valence-corrected chi connectivity index (χ0v) is 16.9. The van der Waals surface area contributed by atoms with Gasteiger partial charge in [-0.05, 0) is 37.7 Å². The number of hydrogen-bond donors (Lipinski definition) is 2. The minimum Gasteiger partial charge on any atom is -0.493 e. The van der Waals surface area contributed by atoms with E-state index in [0.717, 1.165) is 42.8 Å². The van der Waals surface area contributed by atoms with Crippen molar-refractivity contribution in [3.05, 3.63) is 12.1 Å². The van der Waals surface area contributed by atoms with E-state index in [4.69, 9.17) is 15.2 Å². The molecule has 152 valence electrons. The first-order chi connectivity index (χ1) is 13.7. The third-order valence-electron chi connectivity index (χ3n) is 6.14. The minimum absolute atomic E-state index is 0.386. The van der Waals surface area contributed by atoms with Gasteiger partial charge in [-0.2, -0.15) is 4.98 Å². The summed E-state index contributed by atoms with van der Waals surface area (Å²) in [5.41, 5.74) is 6.95. The van der Waals surface area contributed by atoms with Crippen molar-refractivity contribution < 1.29 is 9.47 Å². The lowest BCUT2D eigenvalue weighted by Gasteiger charge is -2.33. The van der Waals surface area contributed by atoms with Gasteiger partial charge in [0, 0.05) is 37.1 Å². The Morgan fingerprint density at radius 2 is 1.71 bits per heavy atom. The van der Waals surface area contributed by atoms with E-state index in [0.29, 0.717) is 29.3 Å². The maximum Gasteiger partial charge on any atom is 0.225 e. The molecule has 28 heavy (non-hydrogen) atoms. The molecule has 0 amide bonds. The van der Waals surface area contributed by atoms with Crippen molar-refractivity contribution >= 4 is 22.7 Å². The number of nitrogens with two attached hydrogens (primary N) is 1. The van der Waals surface area contributed by atoms with Crippen LogP contribution in [0.4, 0.5) is 11.8 Å². The van der Waals surface area contributed by atoms with Crippen LogP contribution in [0.3, 0.4) is 0 Å². The Morgan fingerprint density at radius 1 is 1.04 bits per heavy atom. The number of nitrogen functional groups attached to an aromatic ring is 1. The second-order valence-corrected chi connectivity index (χ2v) is 8.03.